The van der Waals surface area contributed by atoms with E-state index in [1.54, 1.807) is 12.1 Å². The zero-order valence-electron chi connectivity index (χ0n) is 5.61. The third kappa shape index (κ3) is 4.58. The van der Waals surface area contributed by atoms with E-state index in [9.17, 15) is 4.21 Å². The molecule has 2 nitrogen and oxygen atoms in total. The fourth-order valence-corrected chi connectivity index (χ4v) is 0.994. The van der Waals surface area contributed by atoms with Gasteiger partial charge in [-0.2, -0.15) is 0 Å². The van der Waals surface area contributed by atoms with Crippen LogP contribution >= 0.6 is 0 Å². The van der Waals surface area contributed by atoms with E-state index in [0.717, 1.165) is 0 Å². The molecule has 0 amide bonds. The van der Waals surface area contributed by atoms with Crippen molar-refractivity contribution in [2.24, 2.45) is 0 Å². The molecule has 0 bridgehead atoms. The van der Waals surface area contributed by atoms with E-state index in [2.05, 4.69) is 0 Å². The van der Waals surface area contributed by atoms with E-state index < -0.39 is 11.1 Å². The molecule has 0 fully saturated rings. The molecule has 0 heterocycles. The molecule has 0 aliphatic carbocycles. The second-order valence-corrected chi connectivity index (χ2v) is 2.77. The van der Waals surface area contributed by atoms with E-state index in [1.807, 2.05) is 18.2 Å². The van der Waals surface area contributed by atoms with Gasteiger partial charge in [-0.25, -0.2) is 4.21 Å². The van der Waals surface area contributed by atoms with Gasteiger partial charge in [0.25, 0.3) is 0 Å². The average Bonchev–Trinajstić information content (AvgIpc) is 1.88. The summed E-state index contributed by atoms with van der Waals surface area (Å²) in [5, 5.41) is 0. The monoisotopic (exact) mass is 180 g/mol. The molecule has 0 spiro atoms. The molecule has 1 aromatic carbocycles. The number of hydrogen-bond acceptors (Lipinski definition) is 2. The summed E-state index contributed by atoms with van der Waals surface area (Å²) in [6.07, 6.45) is 1.49. The standard InChI is InChI=1S/C7H8O2S.Na.H/c1-10(8)9-7-5-3-2-4-6-7;;/h2-6H,1H3;;. The predicted molar refractivity (Wildman–Crippen MR) is 48.3 cm³/mol. The molecule has 0 radical (unpaired) electrons. The van der Waals surface area contributed by atoms with Gasteiger partial charge < -0.3 is 4.18 Å². The molecular formula is C7H9NaO2S. The fraction of sp³-hybridized carbons (Fsp3) is 0.143. The molecule has 11 heavy (non-hydrogen) atoms. The molecule has 56 valence electrons. The molecule has 4 heteroatoms. The van der Waals surface area contributed by atoms with Gasteiger partial charge in [-0.1, -0.05) is 18.2 Å². The Bertz CT molecular complexity index is 225. The van der Waals surface area contributed by atoms with Gasteiger partial charge in [0.2, 0.25) is 11.1 Å². The van der Waals surface area contributed by atoms with Crippen LogP contribution in [0.5, 0.6) is 5.75 Å². The van der Waals surface area contributed by atoms with Crippen molar-refractivity contribution in [2.45, 2.75) is 0 Å². The van der Waals surface area contributed by atoms with Gasteiger partial charge in [-0.3, -0.25) is 0 Å². The molecule has 1 unspecified atom stereocenters. The summed E-state index contributed by atoms with van der Waals surface area (Å²) >= 11 is -1.22. The Labute approximate surface area is 90.9 Å². The van der Waals surface area contributed by atoms with Crippen molar-refractivity contribution in [3.8, 4) is 5.75 Å². The second kappa shape index (κ2) is 5.77. The molecule has 0 saturated carbocycles. The Balaban J connectivity index is 0.000001000. The maximum absolute atomic E-state index is 10.5. The van der Waals surface area contributed by atoms with Crippen molar-refractivity contribution < 1.29 is 8.39 Å². The van der Waals surface area contributed by atoms with Gasteiger partial charge in [-0.05, 0) is 12.1 Å². The Morgan fingerprint density at radius 3 is 2.27 bits per heavy atom. The summed E-state index contributed by atoms with van der Waals surface area (Å²) in [6, 6.07) is 9.08. The zero-order valence-corrected chi connectivity index (χ0v) is 6.43. The Kier molecular flexibility index (Phi) is 5.86. The normalized spacial score (nSPS) is 11.4. The SMILES string of the molecule is CS(=O)Oc1ccccc1.[NaH]. The summed E-state index contributed by atoms with van der Waals surface area (Å²) in [6.45, 7) is 0. The fourth-order valence-electron chi connectivity index (χ4n) is 0.612. The van der Waals surface area contributed by atoms with Crippen LogP contribution in [0.1, 0.15) is 0 Å². The van der Waals surface area contributed by atoms with Crippen molar-refractivity contribution >= 4 is 40.6 Å². The summed E-state index contributed by atoms with van der Waals surface area (Å²) in [5.41, 5.74) is 0. The molecule has 0 saturated heterocycles. The first-order valence-corrected chi connectivity index (χ1v) is 4.34. The van der Waals surface area contributed by atoms with E-state index in [4.69, 9.17) is 4.18 Å². The first-order chi connectivity index (χ1) is 4.79. The third-order valence-corrected chi connectivity index (χ3v) is 1.38. The van der Waals surface area contributed by atoms with Gasteiger partial charge in [0.05, 0.1) is 0 Å². The maximum atomic E-state index is 10.5. The van der Waals surface area contributed by atoms with Crippen LogP contribution in [0.3, 0.4) is 0 Å². The summed E-state index contributed by atoms with van der Waals surface area (Å²) < 4.78 is 15.4. The van der Waals surface area contributed by atoms with E-state index in [0.29, 0.717) is 5.75 Å². The number of benzene rings is 1. The third-order valence-electron chi connectivity index (χ3n) is 0.957. The van der Waals surface area contributed by atoms with Crippen molar-refractivity contribution in [2.75, 3.05) is 6.26 Å². The zero-order chi connectivity index (χ0) is 7.40. The van der Waals surface area contributed by atoms with Crippen LogP contribution in [0.4, 0.5) is 0 Å². The molecular weight excluding hydrogens is 171 g/mol. The molecule has 1 atom stereocenters. The van der Waals surface area contributed by atoms with E-state index in [-0.39, 0.29) is 29.6 Å². The van der Waals surface area contributed by atoms with Gasteiger partial charge in [0, 0.05) is 6.26 Å². The Morgan fingerprint density at radius 2 is 1.82 bits per heavy atom. The summed E-state index contributed by atoms with van der Waals surface area (Å²) in [7, 11) is 0. The van der Waals surface area contributed by atoms with Crippen molar-refractivity contribution in [1.29, 1.82) is 0 Å². The molecule has 0 N–H and O–H groups in total. The minimum atomic E-state index is -1.22. The van der Waals surface area contributed by atoms with Gasteiger partial charge in [0.15, 0.2) is 0 Å². The topological polar surface area (TPSA) is 26.3 Å². The predicted octanol–water partition coefficient (Wildman–Crippen LogP) is 0.710. The molecule has 1 rings (SSSR count). The molecule has 1 aromatic rings. The first-order valence-electron chi connectivity index (χ1n) is 2.86. The number of para-hydroxylation sites is 1. The van der Waals surface area contributed by atoms with E-state index in [1.165, 1.54) is 6.26 Å². The average molecular weight is 180 g/mol. The number of hydrogen-bond donors (Lipinski definition) is 0. The molecule has 0 aliphatic rings. The van der Waals surface area contributed by atoms with Crippen LogP contribution in [0.25, 0.3) is 0 Å². The van der Waals surface area contributed by atoms with Gasteiger partial charge >= 0.3 is 29.6 Å². The Morgan fingerprint density at radius 1 is 1.27 bits per heavy atom. The number of rotatable bonds is 2. The second-order valence-electron chi connectivity index (χ2n) is 1.80. The first kappa shape index (κ1) is 11.2. The van der Waals surface area contributed by atoms with Crippen molar-refractivity contribution in [1.82, 2.24) is 0 Å². The van der Waals surface area contributed by atoms with Crippen LogP contribution in [-0.4, -0.2) is 40.0 Å². The van der Waals surface area contributed by atoms with Crippen LogP contribution < -0.4 is 4.18 Å². The van der Waals surface area contributed by atoms with Gasteiger partial charge in [0.1, 0.15) is 5.75 Å². The molecule has 0 aliphatic heterocycles. The quantitative estimate of drug-likeness (QED) is 0.626. The summed E-state index contributed by atoms with van der Waals surface area (Å²) in [4.78, 5) is 0. The van der Waals surface area contributed by atoms with Crippen LogP contribution in [0.2, 0.25) is 0 Å². The Hall–Kier alpha value is 0.170. The minimum absolute atomic E-state index is 0. The van der Waals surface area contributed by atoms with E-state index >= 15 is 0 Å². The van der Waals surface area contributed by atoms with Crippen LogP contribution in [0.15, 0.2) is 30.3 Å². The van der Waals surface area contributed by atoms with Gasteiger partial charge in [-0.15, -0.1) is 0 Å². The van der Waals surface area contributed by atoms with Crippen molar-refractivity contribution in [3.05, 3.63) is 30.3 Å². The molecule has 0 aromatic heterocycles. The van der Waals surface area contributed by atoms with Crippen molar-refractivity contribution in [3.63, 3.8) is 0 Å². The van der Waals surface area contributed by atoms with Crippen LogP contribution in [-0.2, 0) is 11.1 Å². The summed E-state index contributed by atoms with van der Waals surface area (Å²) in [5.74, 6) is 0.642. The van der Waals surface area contributed by atoms with Crippen LogP contribution in [0, 0.1) is 0 Å².